The van der Waals surface area contributed by atoms with E-state index in [2.05, 4.69) is 11.4 Å². The Balaban J connectivity index is 1.69. The maximum atomic E-state index is 8.88. The van der Waals surface area contributed by atoms with Gasteiger partial charge in [0.1, 0.15) is 6.10 Å². The van der Waals surface area contributed by atoms with Crippen LogP contribution in [0.4, 0.5) is 11.4 Å². The number of benzene rings is 3. The first-order valence-electron chi connectivity index (χ1n) is 9.63. The molecule has 3 aromatic rings. The van der Waals surface area contributed by atoms with Crippen molar-refractivity contribution >= 4 is 23.0 Å². The van der Waals surface area contributed by atoms with Crippen LogP contribution in [0.2, 0.25) is 0 Å². The van der Waals surface area contributed by atoms with Crippen LogP contribution in [-0.4, -0.2) is 19.5 Å². The summed E-state index contributed by atoms with van der Waals surface area (Å²) in [6.45, 7) is 0.688. The van der Waals surface area contributed by atoms with Crippen molar-refractivity contribution in [3.63, 3.8) is 0 Å². The van der Waals surface area contributed by atoms with Gasteiger partial charge in [0.2, 0.25) is 0 Å². The van der Waals surface area contributed by atoms with E-state index < -0.39 is 0 Å². The lowest BCUT2D eigenvalue weighted by Gasteiger charge is -2.21. The van der Waals surface area contributed by atoms with Gasteiger partial charge in [0.05, 0.1) is 30.3 Å². The topological polar surface area (TPSA) is 80.3 Å². The largest absolute Gasteiger partial charge is 0.491 e. The number of anilines is 2. The van der Waals surface area contributed by atoms with Crippen LogP contribution in [0.5, 0.6) is 11.5 Å². The molecular weight excluding hydrogens is 398 g/mol. The Labute approximate surface area is 182 Å². The van der Waals surface area contributed by atoms with Gasteiger partial charge in [-0.2, -0.15) is 5.26 Å². The molecule has 5 nitrogen and oxygen atoms in total. The molecule has 30 heavy (non-hydrogen) atoms. The molecule has 6 heteroatoms. The summed E-state index contributed by atoms with van der Waals surface area (Å²) in [5.41, 5.74) is 10.5. The zero-order valence-corrected chi connectivity index (χ0v) is 17.5. The van der Waals surface area contributed by atoms with Gasteiger partial charge in [-0.1, -0.05) is 36.4 Å². The van der Waals surface area contributed by atoms with Crippen molar-refractivity contribution in [2.45, 2.75) is 12.5 Å². The first-order chi connectivity index (χ1) is 14.7. The summed E-state index contributed by atoms with van der Waals surface area (Å²) in [6, 6.07) is 23.1. The molecular formula is C24H24ClN3O2. The molecule has 0 fully saturated rings. The second kappa shape index (κ2) is 10.4. The zero-order valence-electron chi connectivity index (χ0n) is 16.8. The molecule has 1 unspecified atom stereocenters. The van der Waals surface area contributed by atoms with Crippen LogP contribution in [0.1, 0.15) is 22.8 Å². The van der Waals surface area contributed by atoms with Gasteiger partial charge in [-0.15, -0.1) is 11.6 Å². The highest BCUT2D eigenvalue weighted by Crippen LogP contribution is 2.38. The molecule has 0 spiro atoms. The van der Waals surface area contributed by atoms with Crippen molar-refractivity contribution in [3.8, 4) is 17.6 Å². The van der Waals surface area contributed by atoms with Crippen LogP contribution in [0.25, 0.3) is 0 Å². The van der Waals surface area contributed by atoms with E-state index in [-0.39, 0.29) is 6.10 Å². The number of halogens is 1. The lowest BCUT2D eigenvalue weighted by Crippen LogP contribution is -2.12. The second-order valence-electron chi connectivity index (χ2n) is 6.71. The zero-order chi connectivity index (χ0) is 21.3. The van der Waals surface area contributed by atoms with Gasteiger partial charge in [-0.05, 0) is 47.9 Å². The number of nitrogens with two attached hydrogens (primary N) is 1. The van der Waals surface area contributed by atoms with Crippen molar-refractivity contribution < 1.29 is 9.47 Å². The molecule has 0 radical (unpaired) electrons. The van der Waals surface area contributed by atoms with E-state index in [1.807, 2.05) is 54.6 Å². The molecule has 0 aliphatic rings. The summed E-state index contributed by atoms with van der Waals surface area (Å²) in [5, 5.41) is 12.2. The SMILES string of the molecule is COc1c(OC(CCl)c2ccccc2)ccc(CCNc2ccc(C#N)cc2)c1N. The Hall–Kier alpha value is -3.36. The lowest BCUT2D eigenvalue weighted by molar-refractivity contribution is 0.219. The third-order valence-electron chi connectivity index (χ3n) is 4.77. The molecule has 0 aliphatic carbocycles. The Bertz CT molecular complexity index is 1000. The van der Waals surface area contributed by atoms with Crippen molar-refractivity contribution in [2.24, 2.45) is 0 Å². The van der Waals surface area contributed by atoms with E-state index in [9.17, 15) is 0 Å². The highest BCUT2D eigenvalue weighted by Gasteiger charge is 2.18. The van der Waals surface area contributed by atoms with Gasteiger partial charge in [0.25, 0.3) is 0 Å². The van der Waals surface area contributed by atoms with Crippen LogP contribution >= 0.6 is 11.6 Å². The number of hydrogen-bond donors (Lipinski definition) is 2. The van der Waals surface area contributed by atoms with Crippen LogP contribution < -0.4 is 20.5 Å². The Morgan fingerprint density at radius 2 is 1.80 bits per heavy atom. The minimum atomic E-state index is -0.301. The van der Waals surface area contributed by atoms with E-state index in [1.54, 1.807) is 19.2 Å². The number of methoxy groups -OCH3 is 1. The van der Waals surface area contributed by atoms with Crippen molar-refractivity contribution in [2.75, 3.05) is 30.6 Å². The fraction of sp³-hybridized carbons (Fsp3) is 0.208. The molecule has 3 aromatic carbocycles. The van der Waals surface area contributed by atoms with E-state index in [1.165, 1.54) is 0 Å². The molecule has 3 rings (SSSR count). The average molecular weight is 422 g/mol. The number of nitrogen functional groups attached to an aromatic ring is 1. The predicted molar refractivity (Wildman–Crippen MR) is 121 cm³/mol. The molecule has 0 saturated carbocycles. The summed E-state index contributed by atoms with van der Waals surface area (Å²) < 4.78 is 11.7. The highest BCUT2D eigenvalue weighted by atomic mass is 35.5. The number of ether oxygens (including phenoxy) is 2. The molecule has 0 saturated heterocycles. The number of nitriles is 1. The molecule has 0 aliphatic heterocycles. The summed E-state index contributed by atoms with van der Waals surface area (Å²) in [6.07, 6.45) is 0.408. The summed E-state index contributed by atoms with van der Waals surface area (Å²) in [4.78, 5) is 0. The van der Waals surface area contributed by atoms with Crippen LogP contribution in [0.15, 0.2) is 66.7 Å². The average Bonchev–Trinajstić information content (AvgIpc) is 2.80. The number of hydrogen-bond acceptors (Lipinski definition) is 5. The van der Waals surface area contributed by atoms with Crippen molar-refractivity contribution in [3.05, 3.63) is 83.4 Å². The number of rotatable bonds is 9. The molecule has 0 amide bonds. The minimum absolute atomic E-state index is 0.301. The highest BCUT2D eigenvalue weighted by molar-refractivity contribution is 6.18. The van der Waals surface area contributed by atoms with Gasteiger partial charge in [-0.3, -0.25) is 0 Å². The quantitative estimate of drug-likeness (QED) is 0.368. The third kappa shape index (κ3) is 5.16. The van der Waals surface area contributed by atoms with Gasteiger partial charge < -0.3 is 20.5 Å². The van der Waals surface area contributed by atoms with Gasteiger partial charge in [-0.25, -0.2) is 0 Å². The van der Waals surface area contributed by atoms with Crippen LogP contribution in [0.3, 0.4) is 0 Å². The first-order valence-corrected chi connectivity index (χ1v) is 10.2. The van der Waals surface area contributed by atoms with E-state index in [0.717, 1.165) is 16.8 Å². The van der Waals surface area contributed by atoms with E-state index in [4.69, 9.17) is 32.1 Å². The van der Waals surface area contributed by atoms with E-state index in [0.29, 0.717) is 41.6 Å². The first kappa shape index (κ1) is 21.4. The maximum absolute atomic E-state index is 8.88. The molecule has 3 N–H and O–H groups in total. The fourth-order valence-corrected chi connectivity index (χ4v) is 3.40. The van der Waals surface area contributed by atoms with Gasteiger partial charge in [0, 0.05) is 12.2 Å². The Morgan fingerprint density at radius 1 is 1.07 bits per heavy atom. The van der Waals surface area contributed by atoms with Gasteiger partial charge in [0.15, 0.2) is 11.5 Å². The predicted octanol–water partition coefficient (Wildman–Crippen LogP) is 5.16. The third-order valence-corrected chi connectivity index (χ3v) is 5.05. The van der Waals surface area contributed by atoms with Crippen molar-refractivity contribution in [1.29, 1.82) is 5.26 Å². The van der Waals surface area contributed by atoms with Crippen LogP contribution in [0, 0.1) is 11.3 Å². The minimum Gasteiger partial charge on any atom is -0.491 e. The molecule has 1 atom stereocenters. The van der Waals surface area contributed by atoms with Crippen LogP contribution in [-0.2, 0) is 6.42 Å². The van der Waals surface area contributed by atoms with E-state index >= 15 is 0 Å². The monoisotopic (exact) mass is 421 g/mol. The standard InChI is InChI=1S/C24H24ClN3O2/c1-29-24-21(30-22(15-25)18-5-3-2-4-6-18)12-9-19(23(24)27)13-14-28-20-10-7-17(16-26)8-11-20/h2-12,22,28H,13-15,27H2,1H3. The normalized spacial score (nSPS) is 11.4. The molecule has 154 valence electrons. The summed E-state index contributed by atoms with van der Waals surface area (Å²) >= 11 is 6.14. The molecule has 0 aromatic heterocycles. The summed E-state index contributed by atoms with van der Waals surface area (Å²) in [5.74, 6) is 1.38. The smallest absolute Gasteiger partial charge is 0.184 e. The number of nitrogens with one attached hydrogen (secondary N) is 1. The maximum Gasteiger partial charge on any atom is 0.184 e. The molecule has 0 bridgehead atoms. The second-order valence-corrected chi connectivity index (χ2v) is 7.02. The number of nitrogens with zero attached hydrogens (tertiary/aromatic N) is 1. The summed E-state index contributed by atoms with van der Waals surface area (Å²) in [7, 11) is 1.58. The number of alkyl halides is 1. The van der Waals surface area contributed by atoms with Gasteiger partial charge >= 0.3 is 0 Å². The Morgan fingerprint density at radius 3 is 2.43 bits per heavy atom. The fourth-order valence-electron chi connectivity index (χ4n) is 3.16. The Kier molecular flexibility index (Phi) is 7.42. The molecule has 0 heterocycles. The van der Waals surface area contributed by atoms with Crippen molar-refractivity contribution in [1.82, 2.24) is 0 Å². The lowest BCUT2D eigenvalue weighted by atomic mass is 10.1.